The third-order valence-electron chi connectivity index (χ3n) is 11.6. The summed E-state index contributed by atoms with van der Waals surface area (Å²) in [5.74, 6) is -2.17. The Morgan fingerprint density at radius 1 is 0.754 bits per heavy atom. The number of carboxylic acids is 1. The lowest BCUT2D eigenvalue weighted by Crippen LogP contribution is -2.64. The molecule has 3 aliphatic heterocycles. The highest BCUT2D eigenvalue weighted by Crippen LogP contribution is 2.34. The van der Waals surface area contributed by atoms with Crippen LogP contribution in [0.5, 0.6) is 0 Å². The molecule has 16 nitrogen and oxygen atoms in total. The van der Waals surface area contributed by atoms with E-state index in [1.807, 2.05) is 60.7 Å². The van der Waals surface area contributed by atoms with Crippen molar-refractivity contribution in [3.63, 3.8) is 0 Å². The fraction of sp³-hybridized carbons (Fsp3) is 0.659. The fourth-order valence-electron chi connectivity index (χ4n) is 8.33. The molecule has 1 aliphatic carbocycles. The van der Waals surface area contributed by atoms with E-state index < -0.39 is 104 Å². The summed E-state index contributed by atoms with van der Waals surface area (Å²) in [4.78, 5) is 26.3. The zero-order valence-electron chi connectivity index (χ0n) is 32.0. The number of hydrogen-bond acceptors (Lipinski definition) is 14. The molecule has 0 aromatic heterocycles. The van der Waals surface area contributed by atoms with Crippen LogP contribution >= 0.6 is 0 Å². The summed E-state index contributed by atoms with van der Waals surface area (Å²) in [5.41, 5.74) is 1.51. The molecule has 2 aromatic carbocycles. The Hall–Kier alpha value is -3.10. The molecule has 0 bridgehead atoms. The monoisotopic (exact) mass is 803 g/mol. The zero-order chi connectivity index (χ0) is 40.6. The predicted octanol–water partition coefficient (Wildman–Crippen LogP) is 0.569. The van der Waals surface area contributed by atoms with Crippen LogP contribution in [0, 0.1) is 5.92 Å². The van der Waals surface area contributed by atoms with Gasteiger partial charge in [-0.15, -0.1) is 0 Å². The molecule has 4 fully saturated rings. The maximum atomic E-state index is 14.0. The maximum absolute atomic E-state index is 14.0. The molecule has 16 heteroatoms. The first-order chi connectivity index (χ1) is 27.5. The van der Waals surface area contributed by atoms with Crippen LogP contribution in [0.1, 0.15) is 68.9 Å². The molecule has 8 N–H and O–H groups in total. The summed E-state index contributed by atoms with van der Waals surface area (Å²) in [6, 6.07) is 18.5. The first-order valence-electron chi connectivity index (χ1n) is 20.0. The average molecular weight is 804 g/mol. The number of amides is 1. The topological polar surface area (TPSA) is 243 Å². The number of carbonyl (C=O) groups excluding carboxylic acids is 1. The molecule has 2 aromatic rings. The number of carbonyl (C=O) groups is 2. The van der Waals surface area contributed by atoms with E-state index in [1.165, 1.54) is 6.92 Å². The minimum absolute atomic E-state index is 0.0783. The van der Waals surface area contributed by atoms with Gasteiger partial charge in [-0.2, -0.15) is 0 Å². The Morgan fingerprint density at radius 2 is 1.39 bits per heavy atom. The van der Waals surface area contributed by atoms with E-state index in [0.717, 1.165) is 43.2 Å². The Balaban J connectivity index is 1.22. The molecule has 4 aliphatic rings. The predicted molar refractivity (Wildman–Crippen MR) is 199 cm³/mol. The van der Waals surface area contributed by atoms with Gasteiger partial charge in [0.05, 0.1) is 24.7 Å². The Labute approximate surface area is 331 Å². The number of ether oxygens (including phenoxy) is 6. The van der Waals surface area contributed by atoms with Gasteiger partial charge in [0.2, 0.25) is 5.91 Å². The SMILES string of the molecule is C[C@@H]1O[C@@H](O[C@H]2C(O[C@@H]3O[C@H](CO)[C@H](O)[C@H](O[C@@H](CC4CCCCC4)C(=O)O)[C@H]3O)CCO[C@@H]2CNC(=O)C(c2ccccc2)c2ccccc2)[C@@H](O)[C@H](O)[C@@H]1O. The Bertz CT molecular complexity index is 1510. The van der Waals surface area contributed by atoms with Crippen molar-refractivity contribution >= 4 is 11.9 Å². The van der Waals surface area contributed by atoms with Crippen molar-refractivity contribution in [2.45, 2.75) is 144 Å². The summed E-state index contributed by atoms with van der Waals surface area (Å²) < 4.78 is 36.3. The molecule has 1 saturated carbocycles. The summed E-state index contributed by atoms with van der Waals surface area (Å²) in [6.07, 6.45) is -14.4. The molecular weight excluding hydrogens is 746 g/mol. The van der Waals surface area contributed by atoms with Crippen molar-refractivity contribution in [3.05, 3.63) is 71.8 Å². The summed E-state index contributed by atoms with van der Waals surface area (Å²) in [6.45, 7) is 0.746. The number of rotatable bonds is 15. The second-order valence-electron chi connectivity index (χ2n) is 15.5. The van der Waals surface area contributed by atoms with E-state index in [0.29, 0.717) is 0 Å². The highest BCUT2D eigenvalue weighted by atomic mass is 16.7. The van der Waals surface area contributed by atoms with Gasteiger partial charge in [0, 0.05) is 13.2 Å². The first-order valence-corrected chi connectivity index (χ1v) is 20.0. The van der Waals surface area contributed by atoms with Crippen molar-refractivity contribution in [2.75, 3.05) is 19.8 Å². The van der Waals surface area contributed by atoms with Crippen LogP contribution in [0.2, 0.25) is 0 Å². The van der Waals surface area contributed by atoms with Crippen molar-refractivity contribution in [1.82, 2.24) is 5.32 Å². The van der Waals surface area contributed by atoms with E-state index in [2.05, 4.69) is 5.32 Å². The van der Waals surface area contributed by atoms with E-state index >= 15 is 0 Å². The quantitative estimate of drug-likeness (QED) is 0.123. The zero-order valence-corrected chi connectivity index (χ0v) is 32.0. The second kappa shape index (κ2) is 20.2. The van der Waals surface area contributed by atoms with E-state index in [-0.39, 0.29) is 37.8 Å². The number of hydrogen-bond donors (Lipinski definition) is 8. The van der Waals surface area contributed by atoms with Crippen LogP contribution in [-0.4, -0.2) is 153 Å². The number of aliphatic hydroxyl groups is 6. The molecule has 3 heterocycles. The third kappa shape index (κ3) is 10.6. The van der Waals surface area contributed by atoms with Crippen LogP contribution in [0.4, 0.5) is 0 Å². The molecule has 0 radical (unpaired) electrons. The maximum Gasteiger partial charge on any atom is 0.332 e. The Morgan fingerprint density at radius 3 is 2.00 bits per heavy atom. The van der Waals surface area contributed by atoms with Gasteiger partial charge < -0.3 is 69.5 Å². The second-order valence-corrected chi connectivity index (χ2v) is 15.5. The molecular formula is C41H57NO15. The number of aliphatic carboxylic acids is 1. The fourth-order valence-corrected chi connectivity index (χ4v) is 8.33. The van der Waals surface area contributed by atoms with Gasteiger partial charge in [0.1, 0.15) is 54.9 Å². The van der Waals surface area contributed by atoms with Crippen molar-refractivity contribution in [1.29, 1.82) is 0 Å². The molecule has 14 atom stereocenters. The number of benzene rings is 2. The lowest BCUT2D eigenvalue weighted by Gasteiger charge is -2.47. The molecule has 1 amide bonds. The Kier molecular flexibility index (Phi) is 15.4. The normalized spacial score (nSPS) is 35.8. The van der Waals surface area contributed by atoms with Crippen LogP contribution < -0.4 is 5.32 Å². The number of carboxylic acid groups (broad SMARTS) is 1. The first kappa shape index (κ1) is 43.5. The van der Waals surface area contributed by atoms with Crippen LogP contribution in [0.15, 0.2) is 60.7 Å². The molecule has 316 valence electrons. The summed E-state index contributed by atoms with van der Waals surface area (Å²) in [5, 5.41) is 77.7. The molecule has 6 rings (SSSR count). The standard InChI is InChI=1S/C41H57NO15/c1-22-31(44)33(46)34(47)40(53-22)57-36-26(17-18-52-28(36)20-42-38(49)30(24-13-7-3-8-14-24)25-15-9-4-10-16-25)55-41-35(48)37(32(45)29(21-43)56-41)54-27(39(50)51)19-23-11-5-2-6-12-23/h3-4,7-10,13-16,22-23,26-37,40-41,43-48H,2,5-6,11-12,17-21H2,1H3,(H,42,49)(H,50,51)/t22-,26?,27-,28+,29+,31+,32-,33+,34-,35+,36-,37-,40-,41+/m0/s1. The summed E-state index contributed by atoms with van der Waals surface area (Å²) in [7, 11) is 0. The van der Waals surface area contributed by atoms with Gasteiger partial charge in [0.15, 0.2) is 18.7 Å². The van der Waals surface area contributed by atoms with Gasteiger partial charge in [0.25, 0.3) is 0 Å². The van der Waals surface area contributed by atoms with E-state index in [1.54, 1.807) is 0 Å². The molecule has 3 saturated heterocycles. The molecule has 0 spiro atoms. The van der Waals surface area contributed by atoms with Gasteiger partial charge in [-0.1, -0.05) is 92.8 Å². The van der Waals surface area contributed by atoms with E-state index in [9.17, 15) is 45.3 Å². The van der Waals surface area contributed by atoms with Gasteiger partial charge >= 0.3 is 5.97 Å². The largest absolute Gasteiger partial charge is 0.479 e. The van der Waals surface area contributed by atoms with Crippen LogP contribution in [0.3, 0.4) is 0 Å². The minimum Gasteiger partial charge on any atom is -0.479 e. The number of aliphatic hydroxyl groups excluding tert-OH is 6. The van der Waals surface area contributed by atoms with Gasteiger partial charge in [-0.05, 0) is 36.8 Å². The van der Waals surface area contributed by atoms with Crippen molar-refractivity contribution in [2.24, 2.45) is 5.92 Å². The van der Waals surface area contributed by atoms with Gasteiger partial charge in [-0.3, -0.25) is 4.79 Å². The highest BCUT2D eigenvalue weighted by molar-refractivity contribution is 5.87. The minimum atomic E-state index is -1.73. The lowest BCUT2D eigenvalue weighted by molar-refractivity contribution is -0.355. The van der Waals surface area contributed by atoms with Crippen LogP contribution in [0.25, 0.3) is 0 Å². The highest BCUT2D eigenvalue weighted by Gasteiger charge is 2.51. The van der Waals surface area contributed by atoms with E-state index in [4.69, 9.17) is 28.4 Å². The smallest absolute Gasteiger partial charge is 0.332 e. The average Bonchev–Trinajstić information content (AvgIpc) is 3.22. The van der Waals surface area contributed by atoms with Crippen LogP contribution in [-0.2, 0) is 38.0 Å². The molecule has 1 unspecified atom stereocenters. The number of nitrogens with one attached hydrogen (secondary N) is 1. The summed E-state index contributed by atoms with van der Waals surface area (Å²) >= 11 is 0. The van der Waals surface area contributed by atoms with Crippen molar-refractivity contribution in [3.8, 4) is 0 Å². The molecule has 57 heavy (non-hydrogen) atoms. The lowest BCUT2D eigenvalue weighted by atomic mass is 9.85. The third-order valence-corrected chi connectivity index (χ3v) is 11.6. The van der Waals surface area contributed by atoms with Gasteiger partial charge in [-0.25, -0.2) is 4.79 Å². The van der Waals surface area contributed by atoms with Crippen molar-refractivity contribution < 1.29 is 73.8 Å².